The van der Waals surface area contributed by atoms with Gasteiger partial charge in [0.25, 0.3) is 0 Å². The summed E-state index contributed by atoms with van der Waals surface area (Å²) in [6.45, 7) is 3.67. The van der Waals surface area contributed by atoms with Gasteiger partial charge in [0, 0.05) is 25.5 Å². The molecule has 0 saturated heterocycles. The second-order valence-electron chi connectivity index (χ2n) is 3.84. The highest BCUT2D eigenvalue weighted by Gasteiger charge is 2.18. The number of carboxylic acids is 1. The van der Waals surface area contributed by atoms with Gasteiger partial charge < -0.3 is 25.9 Å². The molecule has 0 fully saturated rings. The minimum Gasteiger partial charge on any atom is -0.550 e. The van der Waals surface area contributed by atoms with Crippen LogP contribution < -0.4 is 16.6 Å². The lowest BCUT2D eigenvalue weighted by Crippen LogP contribution is -2.50. The second kappa shape index (κ2) is 6.75. The quantitative estimate of drug-likeness (QED) is 0.441. The fourth-order valence-electron chi connectivity index (χ4n) is 1.56. The Kier molecular flexibility index (Phi) is 6.44. The van der Waals surface area contributed by atoms with Gasteiger partial charge in [0.15, 0.2) is 0 Å². The van der Waals surface area contributed by atoms with Gasteiger partial charge in [-0.15, -0.1) is 0 Å². The molecule has 4 N–H and O–H groups in total. The Labute approximate surface area is 85.3 Å². The standard InChI is InChI=1S/C9H21N3O2/c1-12(7-4-10,8-5-11)6-2-3-9(13)14/h2-8,10-11H2,1H3. The first-order valence-corrected chi connectivity index (χ1v) is 4.97. The van der Waals surface area contributed by atoms with Crippen LogP contribution in [0.25, 0.3) is 0 Å². The van der Waals surface area contributed by atoms with E-state index in [2.05, 4.69) is 7.05 Å². The smallest absolute Gasteiger partial charge is 0.0909 e. The molecule has 0 bridgehead atoms. The summed E-state index contributed by atoms with van der Waals surface area (Å²) in [7, 11) is 2.05. The molecule has 0 aromatic heterocycles. The number of carbonyl (C=O) groups excluding carboxylic acids is 1. The number of carboxylic acid groups (broad SMARTS) is 1. The number of nitrogens with zero attached hydrogens (tertiary/aromatic N) is 1. The van der Waals surface area contributed by atoms with Crippen LogP contribution >= 0.6 is 0 Å². The van der Waals surface area contributed by atoms with E-state index in [9.17, 15) is 9.90 Å². The van der Waals surface area contributed by atoms with Crippen molar-refractivity contribution >= 4 is 5.97 Å². The van der Waals surface area contributed by atoms with Crippen LogP contribution in [0.15, 0.2) is 0 Å². The van der Waals surface area contributed by atoms with Crippen molar-refractivity contribution < 1.29 is 14.4 Å². The van der Waals surface area contributed by atoms with Crippen molar-refractivity contribution in [3.63, 3.8) is 0 Å². The summed E-state index contributed by atoms with van der Waals surface area (Å²) >= 11 is 0. The van der Waals surface area contributed by atoms with Crippen molar-refractivity contribution in [2.45, 2.75) is 12.8 Å². The number of nitrogens with two attached hydrogens (primary N) is 2. The molecule has 0 aromatic carbocycles. The maximum atomic E-state index is 10.2. The van der Waals surface area contributed by atoms with Crippen LogP contribution in [0, 0.1) is 0 Å². The summed E-state index contributed by atoms with van der Waals surface area (Å²) in [5.74, 6) is -0.989. The Morgan fingerprint density at radius 1 is 1.21 bits per heavy atom. The Hall–Kier alpha value is -0.650. The summed E-state index contributed by atoms with van der Waals surface area (Å²) in [5, 5.41) is 10.2. The third-order valence-corrected chi connectivity index (χ3v) is 2.42. The zero-order valence-electron chi connectivity index (χ0n) is 8.87. The summed E-state index contributed by atoms with van der Waals surface area (Å²) in [4.78, 5) is 10.2. The highest BCUT2D eigenvalue weighted by atomic mass is 16.4. The van der Waals surface area contributed by atoms with E-state index < -0.39 is 5.97 Å². The molecule has 5 heteroatoms. The van der Waals surface area contributed by atoms with Crippen molar-refractivity contribution in [3.05, 3.63) is 0 Å². The molecule has 0 heterocycles. The fourth-order valence-corrected chi connectivity index (χ4v) is 1.56. The van der Waals surface area contributed by atoms with Crippen LogP contribution in [0.3, 0.4) is 0 Å². The van der Waals surface area contributed by atoms with Crippen LogP contribution in [0.4, 0.5) is 0 Å². The number of likely N-dealkylation sites (N-methyl/N-ethyl adjacent to an activating group) is 1. The Balaban J connectivity index is 3.88. The Bertz CT molecular complexity index is 167. The first-order valence-electron chi connectivity index (χ1n) is 4.97. The van der Waals surface area contributed by atoms with E-state index in [0.717, 1.165) is 24.1 Å². The van der Waals surface area contributed by atoms with E-state index in [1.807, 2.05) is 0 Å². The van der Waals surface area contributed by atoms with E-state index in [-0.39, 0.29) is 6.42 Å². The first kappa shape index (κ1) is 13.4. The van der Waals surface area contributed by atoms with E-state index in [1.165, 1.54) is 0 Å². The minimum atomic E-state index is -0.989. The molecule has 0 radical (unpaired) electrons. The third kappa shape index (κ3) is 5.90. The largest absolute Gasteiger partial charge is 0.550 e. The number of hydrogen-bond donors (Lipinski definition) is 2. The first-order chi connectivity index (χ1) is 6.54. The number of rotatable bonds is 8. The van der Waals surface area contributed by atoms with E-state index in [4.69, 9.17) is 11.5 Å². The monoisotopic (exact) mass is 203 g/mol. The average Bonchev–Trinajstić information content (AvgIpc) is 2.03. The fraction of sp³-hybridized carbons (Fsp3) is 0.889. The summed E-state index contributed by atoms with van der Waals surface area (Å²) < 4.78 is 0.750. The van der Waals surface area contributed by atoms with E-state index >= 15 is 0 Å². The molecule has 0 rings (SSSR count). The van der Waals surface area contributed by atoms with Crippen molar-refractivity contribution in [1.82, 2.24) is 0 Å². The van der Waals surface area contributed by atoms with Crippen LogP contribution in [0.2, 0.25) is 0 Å². The van der Waals surface area contributed by atoms with Gasteiger partial charge in [0.2, 0.25) is 0 Å². The molecule has 0 spiro atoms. The van der Waals surface area contributed by atoms with E-state index in [1.54, 1.807) is 0 Å². The molecule has 0 saturated carbocycles. The SMILES string of the molecule is C[N+](CCN)(CCN)CCCC(=O)[O-]. The number of carbonyl (C=O) groups is 1. The summed E-state index contributed by atoms with van der Waals surface area (Å²) in [6, 6.07) is 0. The predicted octanol–water partition coefficient (Wildman–Crippen LogP) is -2.12. The zero-order chi connectivity index (χ0) is 11.0. The predicted molar refractivity (Wildman–Crippen MR) is 53.1 cm³/mol. The molecule has 0 unspecified atom stereocenters. The highest BCUT2D eigenvalue weighted by Crippen LogP contribution is 2.03. The van der Waals surface area contributed by atoms with Crippen molar-refractivity contribution in [3.8, 4) is 0 Å². The molecule has 0 amide bonds. The van der Waals surface area contributed by atoms with Gasteiger partial charge in [-0.05, 0) is 6.42 Å². The maximum Gasteiger partial charge on any atom is 0.0909 e. The van der Waals surface area contributed by atoms with Crippen molar-refractivity contribution in [1.29, 1.82) is 0 Å². The van der Waals surface area contributed by atoms with Crippen molar-refractivity contribution in [2.75, 3.05) is 39.8 Å². The van der Waals surface area contributed by atoms with Gasteiger partial charge in [-0.25, -0.2) is 0 Å². The Morgan fingerprint density at radius 2 is 1.71 bits per heavy atom. The number of quaternary nitrogens is 1. The average molecular weight is 203 g/mol. The van der Waals surface area contributed by atoms with Crippen LogP contribution in [-0.2, 0) is 4.79 Å². The lowest BCUT2D eigenvalue weighted by atomic mass is 10.2. The van der Waals surface area contributed by atoms with Crippen LogP contribution in [-0.4, -0.2) is 50.2 Å². The topological polar surface area (TPSA) is 92.2 Å². The van der Waals surface area contributed by atoms with Gasteiger partial charge in [0.1, 0.15) is 0 Å². The third-order valence-electron chi connectivity index (χ3n) is 2.42. The van der Waals surface area contributed by atoms with Crippen LogP contribution in [0.1, 0.15) is 12.8 Å². The molecule has 0 aliphatic heterocycles. The number of aliphatic carboxylic acids is 1. The normalized spacial score (nSPS) is 11.6. The van der Waals surface area contributed by atoms with Gasteiger partial charge in [-0.3, -0.25) is 0 Å². The molecule has 0 aliphatic carbocycles. The lowest BCUT2D eigenvalue weighted by molar-refractivity contribution is -0.907. The molecule has 5 nitrogen and oxygen atoms in total. The maximum absolute atomic E-state index is 10.2. The number of hydrogen-bond acceptors (Lipinski definition) is 4. The van der Waals surface area contributed by atoms with Crippen LogP contribution in [0.5, 0.6) is 0 Å². The van der Waals surface area contributed by atoms with Gasteiger partial charge >= 0.3 is 0 Å². The summed E-state index contributed by atoms with van der Waals surface area (Å²) in [5.41, 5.74) is 11.0. The minimum absolute atomic E-state index is 0.114. The lowest BCUT2D eigenvalue weighted by Gasteiger charge is -2.34. The second-order valence-corrected chi connectivity index (χ2v) is 3.84. The Morgan fingerprint density at radius 3 is 2.07 bits per heavy atom. The molecular formula is C9H21N3O2. The van der Waals surface area contributed by atoms with Crippen molar-refractivity contribution in [2.24, 2.45) is 11.5 Å². The molecular weight excluding hydrogens is 182 g/mol. The van der Waals surface area contributed by atoms with Gasteiger partial charge in [-0.2, -0.15) is 0 Å². The zero-order valence-corrected chi connectivity index (χ0v) is 8.87. The molecule has 0 atom stereocenters. The van der Waals surface area contributed by atoms with E-state index in [0.29, 0.717) is 19.5 Å². The molecule has 0 aliphatic rings. The molecule has 0 aromatic rings. The van der Waals surface area contributed by atoms with Gasteiger partial charge in [0.05, 0.1) is 26.7 Å². The summed E-state index contributed by atoms with van der Waals surface area (Å²) in [6.07, 6.45) is 0.738. The molecule has 14 heavy (non-hydrogen) atoms. The molecule has 84 valence electrons. The van der Waals surface area contributed by atoms with Gasteiger partial charge in [-0.1, -0.05) is 0 Å². The highest BCUT2D eigenvalue weighted by molar-refractivity contribution is 5.64.